The van der Waals surface area contributed by atoms with E-state index >= 15 is 0 Å². The Morgan fingerprint density at radius 1 is 1.12 bits per heavy atom. The number of aryl methyl sites for hydroxylation is 1. The fourth-order valence-electron chi connectivity index (χ4n) is 3.33. The standard InChI is InChI=1S/C24H32FN3O4S/c1-5-6-14-26-24(30)19(3)27(16-20-11-8-7-10-18(20)2)23(29)17-28(33(4,31)32)22-13-9-12-21(25)15-22/h7-13,15,19H,5-6,14,16-17H2,1-4H3,(H,26,30). The van der Waals surface area contributed by atoms with Gasteiger partial charge >= 0.3 is 0 Å². The third-order valence-electron chi connectivity index (χ3n) is 5.37. The van der Waals surface area contributed by atoms with Crippen LogP contribution in [0.5, 0.6) is 0 Å². The number of benzene rings is 2. The summed E-state index contributed by atoms with van der Waals surface area (Å²) in [7, 11) is -3.89. The van der Waals surface area contributed by atoms with Gasteiger partial charge in [-0.3, -0.25) is 13.9 Å². The number of rotatable bonds is 11. The van der Waals surface area contributed by atoms with Crippen molar-refractivity contribution >= 4 is 27.5 Å². The number of nitrogens with one attached hydrogen (secondary N) is 1. The minimum absolute atomic E-state index is 0.0433. The molecule has 2 rings (SSSR count). The minimum atomic E-state index is -3.89. The van der Waals surface area contributed by atoms with E-state index in [2.05, 4.69) is 5.32 Å². The van der Waals surface area contributed by atoms with Crippen LogP contribution in [-0.4, -0.2) is 50.5 Å². The second-order valence-corrected chi connectivity index (χ2v) is 9.92. The number of unbranched alkanes of at least 4 members (excludes halogenated alkanes) is 1. The van der Waals surface area contributed by atoms with Gasteiger partial charge in [0.2, 0.25) is 21.8 Å². The van der Waals surface area contributed by atoms with Gasteiger partial charge in [-0.2, -0.15) is 0 Å². The van der Waals surface area contributed by atoms with Gasteiger partial charge < -0.3 is 10.2 Å². The largest absolute Gasteiger partial charge is 0.354 e. The predicted molar refractivity (Wildman–Crippen MR) is 128 cm³/mol. The topological polar surface area (TPSA) is 86.8 Å². The molecule has 0 fully saturated rings. The van der Waals surface area contributed by atoms with Crippen molar-refractivity contribution in [3.8, 4) is 0 Å². The van der Waals surface area contributed by atoms with Crippen molar-refractivity contribution in [2.24, 2.45) is 0 Å². The van der Waals surface area contributed by atoms with Crippen LogP contribution in [-0.2, 0) is 26.2 Å². The summed E-state index contributed by atoms with van der Waals surface area (Å²) >= 11 is 0. The summed E-state index contributed by atoms with van der Waals surface area (Å²) in [4.78, 5) is 27.5. The van der Waals surface area contributed by atoms with Gasteiger partial charge in [0.15, 0.2) is 0 Å². The SMILES string of the molecule is CCCCNC(=O)C(C)N(Cc1ccccc1C)C(=O)CN(c1cccc(F)c1)S(C)(=O)=O. The lowest BCUT2D eigenvalue weighted by Gasteiger charge is -2.31. The summed E-state index contributed by atoms with van der Waals surface area (Å²) in [5.74, 6) is -1.50. The zero-order valence-corrected chi connectivity index (χ0v) is 20.4. The molecule has 0 heterocycles. The summed E-state index contributed by atoms with van der Waals surface area (Å²) in [6.07, 6.45) is 2.68. The van der Waals surface area contributed by atoms with Crippen molar-refractivity contribution in [2.45, 2.75) is 46.2 Å². The second-order valence-electron chi connectivity index (χ2n) is 8.02. The molecule has 2 aromatic rings. The van der Waals surface area contributed by atoms with Crippen LogP contribution < -0.4 is 9.62 Å². The highest BCUT2D eigenvalue weighted by atomic mass is 32.2. The van der Waals surface area contributed by atoms with E-state index in [-0.39, 0.29) is 18.1 Å². The molecule has 0 bridgehead atoms. The van der Waals surface area contributed by atoms with E-state index < -0.39 is 34.3 Å². The van der Waals surface area contributed by atoms with E-state index in [0.29, 0.717) is 6.54 Å². The Bertz CT molecular complexity index is 1070. The summed E-state index contributed by atoms with van der Waals surface area (Å²) in [5, 5.41) is 2.83. The van der Waals surface area contributed by atoms with Gasteiger partial charge in [0, 0.05) is 13.1 Å². The molecule has 33 heavy (non-hydrogen) atoms. The molecule has 180 valence electrons. The van der Waals surface area contributed by atoms with Crippen LogP contribution in [0.15, 0.2) is 48.5 Å². The lowest BCUT2D eigenvalue weighted by Crippen LogP contribution is -2.51. The predicted octanol–water partition coefficient (Wildman–Crippen LogP) is 3.23. The highest BCUT2D eigenvalue weighted by Crippen LogP contribution is 2.20. The average molecular weight is 478 g/mol. The number of hydrogen-bond acceptors (Lipinski definition) is 4. The Morgan fingerprint density at radius 2 is 1.82 bits per heavy atom. The second kappa shape index (κ2) is 11.8. The first-order valence-electron chi connectivity index (χ1n) is 10.9. The lowest BCUT2D eigenvalue weighted by molar-refractivity contribution is -0.139. The molecule has 2 amide bonds. The molecule has 1 N–H and O–H groups in total. The first kappa shape index (κ1) is 26.3. The summed E-state index contributed by atoms with van der Waals surface area (Å²) in [6, 6.07) is 11.7. The Kier molecular flexibility index (Phi) is 9.40. The fraction of sp³-hybridized carbons (Fsp3) is 0.417. The van der Waals surface area contributed by atoms with Crippen molar-refractivity contribution in [3.63, 3.8) is 0 Å². The van der Waals surface area contributed by atoms with Gasteiger partial charge in [-0.25, -0.2) is 12.8 Å². The highest BCUT2D eigenvalue weighted by molar-refractivity contribution is 7.92. The number of sulfonamides is 1. The van der Waals surface area contributed by atoms with Crippen molar-refractivity contribution in [1.29, 1.82) is 0 Å². The average Bonchev–Trinajstić information content (AvgIpc) is 2.75. The van der Waals surface area contributed by atoms with E-state index in [1.807, 2.05) is 38.1 Å². The number of halogens is 1. The van der Waals surface area contributed by atoms with Crippen molar-refractivity contribution < 1.29 is 22.4 Å². The highest BCUT2D eigenvalue weighted by Gasteiger charge is 2.30. The minimum Gasteiger partial charge on any atom is -0.354 e. The van der Waals surface area contributed by atoms with Gasteiger partial charge in [-0.05, 0) is 49.6 Å². The molecule has 1 atom stereocenters. The molecule has 1 unspecified atom stereocenters. The molecule has 0 aromatic heterocycles. The van der Waals surface area contributed by atoms with Gasteiger partial charge in [-0.1, -0.05) is 43.7 Å². The molecule has 0 radical (unpaired) electrons. The molecular weight excluding hydrogens is 445 g/mol. The van der Waals surface area contributed by atoms with Crippen LogP contribution in [0.4, 0.5) is 10.1 Å². The van der Waals surface area contributed by atoms with E-state index in [1.165, 1.54) is 23.1 Å². The normalized spacial score (nSPS) is 12.2. The number of carbonyl (C=O) groups is 2. The molecule has 2 aromatic carbocycles. The van der Waals surface area contributed by atoms with Gasteiger partial charge in [0.1, 0.15) is 18.4 Å². The Morgan fingerprint density at radius 3 is 2.42 bits per heavy atom. The number of amides is 2. The van der Waals surface area contributed by atoms with Crippen LogP contribution in [0.2, 0.25) is 0 Å². The number of carbonyl (C=O) groups excluding carboxylic acids is 2. The van der Waals surface area contributed by atoms with Crippen LogP contribution in [0, 0.1) is 12.7 Å². The molecular formula is C24H32FN3O4S. The maximum absolute atomic E-state index is 13.8. The molecule has 9 heteroatoms. The van der Waals surface area contributed by atoms with Crippen LogP contribution >= 0.6 is 0 Å². The number of hydrogen-bond donors (Lipinski definition) is 1. The van der Waals surface area contributed by atoms with Crippen LogP contribution in [0.3, 0.4) is 0 Å². The summed E-state index contributed by atoms with van der Waals surface area (Å²) in [5.41, 5.74) is 1.83. The first-order valence-corrected chi connectivity index (χ1v) is 12.7. The zero-order valence-electron chi connectivity index (χ0n) is 19.5. The molecule has 0 saturated heterocycles. The maximum atomic E-state index is 13.8. The Hall–Kier alpha value is -2.94. The van der Waals surface area contributed by atoms with Crippen molar-refractivity contribution in [3.05, 3.63) is 65.5 Å². The molecule has 0 aliphatic heterocycles. The van der Waals surface area contributed by atoms with Gasteiger partial charge in [0.25, 0.3) is 0 Å². The monoisotopic (exact) mass is 477 g/mol. The Labute approximate surface area is 195 Å². The number of nitrogens with zero attached hydrogens (tertiary/aromatic N) is 2. The van der Waals surface area contributed by atoms with Crippen molar-refractivity contribution in [1.82, 2.24) is 10.2 Å². The van der Waals surface area contributed by atoms with Gasteiger partial charge in [0.05, 0.1) is 11.9 Å². The van der Waals surface area contributed by atoms with Crippen molar-refractivity contribution in [2.75, 3.05) is 23.7 Å². The fourth-order valence-corrected chi connectivity index (χ4v) is 4.18. The maximum Gasteiger partial charge on any atom is 0.244 e. The van der Waals surface area contributed by atoms with Crippen LogP contribution in [0.25, 0.3) is 0 Å². The Balaban J connectivity index is 2.36. The third-order valence-corrected chi connectivity index (χ3v) is 6.51. The molecule has 0 aliphatic carbocycles. The van der Waals surface area contributed by atoms with E-state index in [9.17, 15) is 22.4 Å². The molecule has 0 aliphatic rings. The molecule has 0 spiro atoms. The van der Waals surface area contributed by atoms with E-state index in [4.69, 9.17) is 0 Å². The third kappa shape index (κ3) is 7.56. The summed E-state index contributed by atoms with van der Waals surface area (Å²) < 4.78 is 39.5. The van der Waals surface area contributed by atoms with E-state index in [1.54, 1.807) is 6.92 Å². The van der Waals surface area contributed by atoms with Crippen LogP contribution in [0.1, 0.15) is 37.8 Å². The smallest absolute Gasteiger partial charge is 0.244 e. The number of anilines is 1. The quantitative estimate of drug-likeness (QED) is 0.504. The lowest BCUT2D eigenvalue weighted by atomic mass is 10.1. The molecule has 0 saturated carbocycles. The summed E-state index contributed by atoms with van der Waals surface area (Å²) in [6.45, 7) is 5.60. The van der Waals surface area contributed by atoms with E-state index in [0.717, 1.165) is 40.6 Å². The molecule has 7 nitrogen and oxygen atoms in total. The first-order chi connectivity index (χ1) is 15.5. The zero-order chi connectivity index (χ0) is 24.6. The van der Waals surface area contributed by atoms with Gasteiger partial charge in [-0.15, -0.1) is 0 Å².